The van der Waals surface area contributed by atoms with Gasteiger partial charge in [-0.15, -0.1) is 0 Å². The first-order valence-corrected chi connectivity index (χ1v) is 9.04. The Morgan fingerprint density at radius 3 is 2.83 bits per heavy atom. The molecular weight excluding hydrogens is 296 g/mol. The number of aryl methyl sites for hydroxylation is 1. The molecule has 2 heterocycles. The van der Waals surface area contributed by atoms with E-state index in [0.29, 0.717) is 6.04 Å². The number of aromatic nitrogens is 1. The summed E-state index contributed by atoms with van der Waals surface area (Å²) < 4.78 is 2.53. The summed E-state index contributed by atoms with van der Waals surface area (Å²) in [6, 6.07) is 17.1. The number of quaternary nitrogens is 1. The molecule has 0 spiro atoms. The number of benzene rings is 2. The van der Waals surface area contributed by atoms with E-state index in [0.717, 1.165) is 17.7 Å². The van der Waals surface area contributed by atoms with Gasteiger partial charge >= 0.3 is 0 Å². The molecule has 1 aliphatic carbocycles. The third-order valence-corrected chi connectivity index (χ3v) is 5.76. The molecule has 122 valence electrons. The molecule has 3 nitrogen and oxygen atoms in total. The van der Waals surface area contributed by atoms with Crippen molar-refractivity contribution in [3.05, 3.63) is 70.9 Å². The lowest BCUT2D eigenvalue weighted by Crippen LogP contribution is -2.88. The second kappa shape index (κ2) is 5.47. The Balaban J connectivity index is 1.67. The third-order valence-electron chi connectivity index (χ3n) is 5.76. The zero-order valence-corrected chi connectivity index (χ0v) is 13.8. The maximum absolute atomic E-state index is 10.8. The molecule has 1 aliphatic heterocycles. The van der Waals surface area contributed by atoms with E-state index >= 15 is 0 Å². The lowest BCUT2D eigenvalue weighted by molar-refractivity contribution is -0.704. The van der Waals surface area contributed by atoms with Crippen LogP contribution in [0.2, 0.25) is 0 Å². The fraction of sp³-hybridized carbons (Fsp3) is 0.333. The summed E-state index contributed by atoms with van der Waals surface area (Å²) in [4.78, 5) is 0. The number of nitrogens with two attached hydrogens (primary N) is 1. The summed E-state index contributed by atoms with van der Waals surface area (Å²) >= 11 is 0. The first kappa shape index (κ1) is 14.3. The summed E-state index contributed by atoms with van der Waals surface area (Å²) in [6.07, 6.45) is 3.20. The average molecular weight is 319 g/mol. The standard InChI is InChI=1S/C21H22N2O/c24-21(14-5-2-1-3-6-14)15-9-10-19-17(13-15)16-7-4-8-18-20(16)23(19)12-11-22-18/h1-3,5-6,9-10,13,18,21-22,24H,4,7-8,11-12H2/p+1. The van der Waals surface area contributed by atoms with Crippen LogP contribution in [0.4, 0.5) is 0 Å². The SMILES string of the molecule is OC(c1ccccc1)c1ccc2c(c1)c1c3n2CC[NH2+]C3CCC1. The Labute approximate surface area is 141 Å². The van der Waals surface area contributed by atoms with Gasteiger partial charge in [0.15, 0.2) is 0 Å². The highest BCUT2D eigenvalue weighted by molar-refractivity contribution is 5.87. The molecule has 0 amide bonds. The molecule has 0 fully saturated rings. The highest BCUT2D eigenvalue weighted by atomic mass is 16.3. The highest BCUT2D eigenvalue weighted by Crippen LogP contribution is 2.38. The Hall–Kier alpha value is -2.10. The smallest absolute Gasteiger partial charge is 0.127 e. The monoisotopic (exact) mass is 319 g/mol. The minimum atomic E-state index is -0.550. The predicted molar refractivity (Wildman–Crippen MR) is 94.9 cm³/mol. The minimum Gasteiger partial charge on any atom is -0.384 e. The fourth-order valence-electron chi connectivity index (χ4n) is 4.66. The van der Waals surface area contributed by atoms with E-state index in [4.69, 9.17) is 0 Å². The topological polar surface area (TPSA) is 41.8 Å². The van der Waals surface area contributed by atoms with E-state index < -0.39 is 6.10 Å². The molecule has 24 heavy (non-hydrogen) atoms. The quantitative estimate of drug-likeness (QED) is 0.749. The molecule has 2 aliphatic rings. The molecule has 3 aromatic rings. The summed E-state index contributed by atoms with van der Waals surface area (Å²) in [7, 11) is 0. The molecule has 2 atom stereocenters. The molecule has 3 heteroatoms. The zero-order valence-electron chi connectivity index (χ0n) is 13.8. The summed E-state index contributed by atoms with van der Waals surface area (Å²) in [5, 5.41) is 14.6. The fourth-order valence-corrected chi connectivity index (χ4v) is 4.66. The van der Waals surface area contributed by atoms with Crippen LogP contribution in [-0.2, 0) is 13.0 Å². The van der Waals surface area contributed by atoms with Crippen molar-refractivity contribution in [1.29, 1.82) is 0 Å². The maximum atomic E-state index is 10.8. The van der Waals surface area contributed by atoms with Gasteiger partial charge in [0.25, 0.3) is 0 Å². The Kier molecular flexibility index (Phi) is 3.25. The van der Waals surface area contributed by atoms with E-state index in [9.17, 15) is 5.11 Å². The number of fused-ring (bicyclic) bond motifs is 3. The van der Waals surface area contributed by atoms with Crippen molar-refractivity contribution in [1.82, 2.24) is 4.57 Å². The van der Waals surface area contributed by atoms with Crippen LogP contribution >= 0.6 is 0 Å². The van der Waals surface area contributed by atoms with Crippen molar-refractivity contribution in [2.24, 2.45) is 0 Å². The van der Waals surface area contributed by atoms with Crippen molar-refractivity contribution in [2.75, 3.05) is 6.54 Å². The third kappa shape index (κ3) is 2.05. The number of hydrogen-bond acceptors (Lipinski definition) is 1. The van der Waals surface area contributed by atoms with Crippen LogP contribution < -0.4 is 5.32 Å². The number of aliphatic hydroxyl groups excluding tert-OH is 1. The van der Waals surface area contributed by atoms with E-state index in [2.05, 4.69) is 28.1 Å². The Bertz CT molecular complexity index is 895. The van der Waals surface area contributed by atoms with Crippen LogP contribution in [0, 0.1) is 0 Å². The first-order valence-electron chi connectivity index (χ1n) is 9.04. The van der Waals surface area contributed by atoms with Gasteiger partial charge in [0.2, 0.25) is 0 Å². The molecule has 2 aromatic carbocycles. The van der Waals surface area contributed by atoms with Crippen LogP contribution in [0.3, 0.4) is 0 Å². The van der Waals surface area contributed by atoms with Gasteiger partial charge in [-0.25, -0.2) is 0 Å². The number of nitrogens with zero attached hydrogens (tertiary/aromatic N) is 1. The number of rotatable bonds is 2. The molecule has 0 radical (unpaired) electrons. The van der Waals surface area contributed by atoms with E-state index in [1.807, 2.05) is 30.3 Å². The largest absolute Gasteiger partial charge is 0.384 e. The van der Waals surface area contributed by atoms with E-state index in [-0.39, 0.29) is 0 Å². The zero-order chi connectivity index (χ0) is 16.1. The summed E-state index contributed by atoms with van der Waals surface area (Å²) in [5.41, 5.74) is 6.39. The molecule has 0 saturated heterocycles. The Morgan fingerprint density at radius 2 is 1.96 bits per heavy atom. The second-order valence-corrected chi connectivity index (χ2v) is 7.13. The minimum absolute atomic E-state index is 0.550. The average Bonchev–Trinajstić information content (AvgIpc) is 2.98. The van der Waals surface area contributed by atoms with Gasteiger partial charge in [0.1, 0.15) is 12.1 Å². The van der Waals surface area contributed by atoms with Gasteiger partial charge in [0, 0.05) is 17.3 Å². The van der Waals surface area contributed by atoms with Gasteiger partial charge in [-0.2, -0.15) is 0 Å². The van der Waals surface area contributed by atoms with Crippen molar-refractivity contribution in [2.45, 2.75) is 38.0 Å². The summed E-state index contributed by atoms with van der Waals surface area (Å²) in [6.45, 7) is 2.28. The lowest BCUT2D eigenvalue weighted by Gasteiger charge is -2.27. The summed E-state index contributed by atoms with van der Waals surface area (Å²) in [5.74, 6) is 0. The molecule has 1 aromatic heterocycles. The van der Waals surface area contributed by atoms with E-state index in [1.165, 1.54) is 42.3 Å². The predicted octanol–water partition coefficient (Wildman–Crippen LogP) is 2.68. The molecular formula is C21H23N2O+. The van der Waals surface area contributed by atoms with Crippen LogP contribution in [0.5, 0.6) is 0 Å². The molecule has 2 unspecified atom stereocenters. The number of aliphatic hydroxyl groups is 1. The lowest BCUT2D eigenvalue weighted by atomic mass is 9.90. The van der Waals surface area contributed by atoms with Gasteiger partial charge in [-0.3, -0.25) is 0 Å². The van der Waals surface area contributed by atoms with Crippen molar-refractivity contribution in [3.63, 3.8) is 0 Å². The second-order valence-electron chi connectivity index (χ2n) is 7.13. The van der Waals surface area contributed by atoms with Gasteiger partial charge < -0.3 is 15.0 Å². The maximum Gasteiger partial charge on any atom is 0.127 e. The number of hydrogen-bond donors (Lipinski definition) is 2. The van der Waals surface area contributed by atoms with Crippen molar-refractivity contribution < 1.29 is 10.4 Å². The molecule has 0 bridgehead atoms. The Morgan fingerprint density at radius 1 is 1.08 bits per heavy atom. The van der Waals surface area contributed by atoms with Gasteiger partial charge in [0.05, 0.1) is 18.8 Å². The first-order chi connectivity index (χ1) is 11.8. The molecule has 3 N–H and O–H groups in total. The molecule has 5 rings (SSSR count). The molecule has 0 saturated carbocycles. The van der Waals surface area contributed by atoms with Gasteiger partial charge in [-0.05, 0) is 41.7 Å². The van der Waals surface area contributed by atoms with Crippen molar-refractivity contribution >= 4 is 10.9 Å². The van der Waals surface area contributed by atoms with E-state index in [1.54, 1.807) is 5.69 Å². The van der Waals surface area contributed by atoms with Crippen LogP contribution in [0.25, 0.3) is 10.9 Å². The normalized spacial score (nSPS) is 20.8. The van der Waals surface area contributed by atoms with Crippen LogP contribution in [-0.4, -0.2) is 16.2 Å². The van der Waals surface area contributed by atoms with Gasteiger partial charge in [-0.1, -0.05) is 36.4 Å². The van der Waals surface area contributed by atoms with Crippen molar-refractivity contribution in [3.8, 4) is 0 Å². The van der Waals surface area contributed by atoms with Crippen LogP contribution in [0.1, 0.15) is 47.4 Å². The highest BCUT2D eigenvalue weighted by Gasteiger charge is 2.32. The van der Waals surface area contributed by atoms with Crippen LogP contribution in [0.15, 0.2) is 48.5 Å².